The molecule has 0 unspecified atom stereocenters. The third-order valence-electron chi connectivity index (χ3n) is 5.34. The van der Waals surface area contributed by atoms with E-state index in [4.69, 9.17) is 14.2 Å². The van der Waals surface area contributed by atoms with Crippen LogP contribution in [0.15, 0.2) is 36.5 Å². The predicted molar refractivity (Wildman–Crippen MR) is 127 cm³/mol. The lowest BCUT2D eigenvalue weighted by Gasteiger charge is -2.40. The minimum Gasteiger partial charge on any atom is -0.463 e. The molecule has 0 aliphatic carbocycles. The second kappa shape index (κ2) is 18.7. The number of ether oxygens (including phenoxy) is 3. The number of aliphatic hydroxyl groups is 5. The standard InChI is InChI=1S/C25H42O9/c1-2-3-4-5-6-7-8-9-10-11-12-13-14-15-21(28)32-18-19(16-26)33-25-24(31)23(30)22(29)20(17-27)34-25/h3-4,6-7,9-10,19-20,22-27,29-31H,2,5,8,11-18H2,1H3/b4-3-,7-6-,10-9-/t19-,20+,22+,23-,24+,25+/m1/s1. The van der Waals surface area contributed by atoms with Crippen LogP contribution in [0.1, 0.15) is 58.3 Å². The third kappa shape index (κ3) is 12.2. The summed E-state index contributed by atoms with van der Waals surface area (Å²) in [6, 6.07) is 0. The van der Waals surface area contributed by atoms with Gasteiger partial charge in [-0.25, -0.2) is 0 Å². The van der Waals surface area contributed by atoms with Crippen molar-refractivity contribution < 1.29 is 44.5 Å². The molecule has 0 aromatic carbocycles. The van der Waals surface area contributed by atoms with E-state index in [9.17, 15) is 30.3 Å². The molecule has 0 spiro atoms. The van der Waals surface area contributed by atoms with Crippen LogP contribution in [-0.2, 0) is 19.0 Å². The number of aliphatic hydroxyl groups excluding tert-OH is 5. The normalized spacial score (nSPS) is 26.6. The number of esters is 1. The average molecular weight is 487 g/mol. The second-order valence-corrected chi connectivity index (χ2v) is 8.21. The van der Waals surface area contributed by atoms with Gasteiger partial charge >= 0.3 is 5.97 Å². The Hall–Kier alpha value is -1.59. The maximum absolute atomic E-state index is 11.9. The first kappa shape index (κ1) is 30.4. The van der Waals surface area contributed by atoms with Gasteiger partial charge in [0.25, 0.3) is 0 Å². The number of carbonyl (C=O) groups excluding carboxylic acids is 1. The average Bonchev–Trinajstić information content (AvgIpc) is 2.84. The molecule has 1 saturated heterocycles. The molecule has 9 nitrogen and oxygen atoms in total. The van der Waals surface area contributed by atoms with Crippen LogP contribution in [-0.4, -0.2) is 88.1 Å². The Kier molecular flexibility index (Phi) is 16.7. The molecule has 1 aliphatic heterocycles. The highest BCUT2D eigenvalue weighted by Crippen LogP contribution is 2.23. The Labute approximate surface area is 202 Å². The van der Waals surface area contributed by atoms with Crippen LogP contribution in [0.25, 0.3) is 0 Å². The first-order valence-corrected chi connectivity index (χ1v) is 12.1. The van der Waals surface area contributed by atoms with Gasteiger partial charge in [0.1, 0.15) is 37.1 Å². The summed E-state index contributed by atoms with van der Waals surface area (Å²) in [7, 11) is 0. The number of allylic oxidation sites excluding steroid dienone is 6. The maximum Gasteiger partial charge on any atom is 0.305 e. The van der Waals surface area contributed by atoms with E-state index < -0.39 is 56.0 Å². The molecule has 196 valence electrons. The zero-order valence-corrected chi connectivity index (χ0v) is 20.1. The van der Waals surface area contributed by atoms with Crippen molar-refractivity contribution in [3.63, 3.8) is 0 Å². The van der Waals surface area contributed by atoms with Gasteiger partial charge in [0.15, 0.2) is 6.29 Å². The molecule has 6 atom stereocenters. The van der Waals surface area contributed by atoms with E-state index in [1.165, 1.54) is 0 Å². The van der Waals surface area contributed by atoms with E-state index in [0.29, 0.717) is 6.42 Å². The highest BCUT2D eigenvalue weighted by atomic mass is 16.7. The number of rotatable bonds is 17. The molecule has 1 heterocycles. The summed E-state index contributed by atoms with van der Waals surface area (Å²) in [5.41, 5.74) is 0. The van der Waals surface area contributed by atoms with Gasteiger partial charge in [0.05, 0.1) is 13.2 Å². The van der Waals surface area contributed by atoms with Gasteiger partial charge in [-0.2, -0.15) is 0 Å². The fourth-order valence-electron chi connectivity index (χ4n) is 3.30. The summed E-state index contributed by atoms with van der Waals surface area (Å²) in [4.78, 5) is 11.9. The molecule has 0 aromatic rings. The highest BCUT2D eigenvalue weighted by molar-refractivity contribution is 5.69. The van der Waals surface area contributed by atoms with E-state index in [2.05, 4.69) is 43.4 Å². The zero-order chi connectivity index (χ0) is 25.2. The van der Waals surface area contributed by atoms with Crippen molar-refractivity contribution in [2.24, 2.45) is 0 Å². The van der Waals surface area contributed by atoms with E-state index in [1.54, 1.807) is 0 Å². The van der Waals surface area contributed by atoms with Crippen LogP contribution in [0.2, 0.25) is 0 Å². The molecule has 9 heteroatoms. The van der Waals surface area contributed by atoms with Crippen molar-refractivity contribution in [1.82, 2.24) is 0 Å². The lowest BCUT2D eigenvalue weighted by molar-refractivity contribution is -0.315. The molecule has 5 N–H and O–H groups in total. The Morgan fingerprint density at radius 2 is 1.59 bits per heavy atom. The van der Waals surface area contributed by atoms with Crippen molar-refractivity contribution in [3.8, 4) is 0 Å². The van der Waals surface area contributed by atoms with Gasteiger partial charge in [-0.05, 0) is 38.5 Å². The van der Waals surface area contributed by atoms with Crippen LogP contribution >= 0.6 is 0 Å². The largest absolute Gasteiger partial charge is 0.463 e. The van der Waals surface area contributed by atoms with E-state index in [1.807, 2.05) is 0 Å². The van der Waals surface area contributed by atoms with Crippen molar-refractivity contribution in [2.75, 3.05) is 19.8 Å². The van der Waals surface area contributed by atoms with Gasteiger partial charge in [-0.15, -0.1) is 0 Å². The number of hydrogen-bond donors (Lipinski definition) is 5. The molecular weight excluding hydrogens is 444 g/mol. The summed E-state index contributed by atoms with van der Waals surface area (Å²) in [6.07, 6.45) is 11.4. The summed E-state index contributed by atoms with van der Waals surface area (Å²) >= 11 is 0. The van der Waals surface area contributed by atoms with Gasteiger partial charge < -0.3 is 39.7 Å². The molecule has 0 saturated carbocycles. The van der Waals surface area contributed by atoms with Crippen LogP contribution in [0, 0.1) is 0 Å². The number of hydrogen-bond acceptors (Lipinski definition) is 9. The third-order valence-corrected chi connectivity index (χ3v) is 5.34. The maximum atomic E-state index is 11.9. The molecule has 1 aliphatic rings. The van der Waals surface area contributed by atoms with Crippen LogP contribution in [0.3, 0.4) is 0 Å². The summed E-state index contributed by atoms with van der Waals surface area (Å²) in [6.45, 7) is 0.756. The van der Waals surface area contributed by atoms with E-state index in [-0.39, 0.29) is 13.0 Å². The molecule has 0 bridgehead atoms. The molecular formula is C25H42O9. The Morgan fingerprint density at radius 3 is 2.24 bits per heavy atom. The fraction of sp³-hybridized carbons (Fsp3) is 0.720. The topological polar surface area (TPSA) is 146 Å². The second-order valence-electron chi connectivity index (χ2n) is 8.21. The fourth-order valence-corrected chi connectivity index (χ4v) is 3.30. The zero-order valence-electron chi connectivity index (χ0n) is 20.1. The lowest BCUT2D eigenvalue weighted by atomic mass is 9.99. The number of carbonyl (C=O) groups is 1. The SMILES string of the molecule is CC/C=C\C/C=C\C/C=C\CCCCCC(=O)OC[C@@H](CO)O[C@H]1O[C@@H](CO)[C@H](O)[C@@H](O)[C@@H]1O. The quantitative estimate of drug-likeness (QED) is 0.117. The van der Waals surface area contributed by atoms with Gasteiger partial charge in [-0.3, -0.25) is 4.79 Å². The highest BCUT2D eigenvalue weighted by Gasteiger charge is 2.44. The van der Waals surface area contributed by atoms with Gasteiger partial charge in [0, 0.05) is 6.42 Å². The van der Waals surface area contributed by atoms with E-state index >= 15 is 0 Å². The minimum atomic E-state index is -1.59. The van der Waals surface area contributed by atoms with Crippen molar-refractivity contribution in [1.29, 1.82) is 0 Å². The molecule has 0 amide bonds. The van der Waals surface area contributed by atoms with Crippen molar-refractivity contribution in [2.45, 2.75) is 95.1 Å². The van der Waals surface area contributed by atoms with Crippen LogP contribution in [0.5, 0.6) is 0 Å². The van der Waals surface area contributed by atoms with Crippen LogP contribution in [0.4, 0.5) is 0 Å². The minimum absolute atomic E-state index is 0.246. The molecule has 34 heavy (non-hydrogen) atoms. The van der Waals surface area contributed by atoms with Crippen molar-refractivity contribution >= 4 is 5.97 Å². The Morgan fingerprint density at radius 1 is 0.912 bits per heavy atom. The molecule has 1 rings (SSSR count). The summed E-state index contributed by atoms with van der Waals surface area (Å²) in [5.74, 6) is -0.423. The molecule has 0 radical (unpaired) electrons. The summed E-state index contributed by atoms with van der Waals surface area (Å²) < 4.78 is 15.7. The van der Waals surface area contributed by atoms with Crippen molar-refractivity contribution in [3.05, 3.63) is 36.5 Å². The smallest absolute Gasteiger partial charge is 0.305 e. The number of unbranched alkanes of at least 4 members (excludes halogenated alkanes) is 3. The predicted octanol–water partition coefficient (Wildman–Crippen LogP) is 1.52. The lowest BCUT2D eigenvalue weighted by Crippen LogP contribution is -2.60. The Bertz CT molecular complexity index is 618. The van der Waals surface area contributed by atoms with Crippen LogP contribution < -0.4 is 0 Å². The first-order valence-electron chi connectivity index (χ1n) is 12.1. The first-order chi connectivity index (χ1) is 16.4. The molecule has 1 fully saturated rings. The summed E-state index contributed by atoms with van der Waals surface area (Å²) in [5, 5.41) is 48.2. The Balaban J connectivity index is 2.17. The van der Waals surface area contributed by atoms with Gasteiger partial charge in [-0.1, -0.05) is 49.8 Å². The van der Waals surface area contributed by atoms with E-state index in [0.717, 1.165) is 38.5 Å². The monoisotopic (exact) mass is 486 g/mol. The van der Waals surface area contributed by atoms with Gasteiger partial charge in [0.2, 0.25) is 0 Å². The molecule has 0 aromatic heterocycles.